The van der Waals surface area contributed by atoms with Crippen LogP contribution in [-0.2, 0) is 6.54 Å². The predicted octanol–water partition coefficient (Wildman–Crippen LogP) is 5.80. The van der Waals surface area contributed by atoms with Crippen molar-refractivity contribution in [2.45, 2.75) is 6.54 Å². The molecule has 1 heterocycles. The third-order valence-electron chi connectivity index (χ3n) is 4.90. The molecule has 0 saturated carbocycles. The summed E-state index contributed by atoms with van der Waals surface area (Å²) in [6.45, 7) is 0.533. The van der Waals surface area contributed by atoms with E-state index < -0.39 is 4.92 Å². The zero-order valence-corrected chi connectivity index (χ0v) is 15.8. The predicted molar refractivity (Wildman–Crippen MR) is 114 cm³/mol. The van der Waals surface area contributed by atoms with Crippen LogP contribution in [0, 0.1) is 27.3 Å². The van der Waals surface area contributed by atoms with Gasteiger partial charge in [-0.2, -0.15) is 5.26 Å². The summed E-state index contributed by atoms with van der Waals surface area (Å²) in [5, 5.41) is 21.5. The van der Waals surface area contributed by atoms with Gasteiger partial charge in [-0.15, -0.1) is 0 Å². The first-order chi connectivity index (χ1) is 14.5. The molecule has 4 rings (SSSR count). The minimum Gasteiger partial charge on any atom is -0.342 e. The maximum absolute atomic E-state index is 13.2. The van der Waals surface area contributed by atoms with E-state index in [-0.39, 0.29) is 11.5 Å². The second kappa shape index (κ2) is 8.02. The number of hydrogen-bond acceptors (Lipinski definition) is 3. The summed E-state index contributed by atoms with van der Waals surface area (Å²) in [4.78, 5) is 10.4. The van der Waals surface area contributed by atoms with Crippen LogP contribution in [0.25, 0.3) is 22.6 Å². The fourth-order valence-electron chi connectivity index (χ4n) is 3.41. The smallest absolute Gasteiger partial charge is 0.269 e. The SMILES string of the molecule is N#C/C(=C/c1cn(Cc2ccc([N+](=O)[O-])cc2)c2ccccc12)c1ccc(F)cc1. The molecule has 3 aromatic carbocycles. The van der Waals surface area contributed by atoms with E-state index in [0.717, 1.165) is 22.0 Å². The summed E-state index contributed by atoms with van der Waals surface area (Å²) in [5.41, 5.74) is 3.92. The Labute approximate surface area is 172 Å². The lowest BCUT2D eigenvalue weighted by Gasteiger charge is -2.05. The van der Waals surface area contributed by atoms with Crippen LogP contribution in [0.5, 0.6) is 0 Å². The Hall–Kier alpha value is -4.24. The summed E-state index contributed by atoms with van der Waals surface area (Å²) < 4.78 is 15.3. The molecule has 4 aromatic rings. The van der Waals surface area contributed by atoms with Crippen LogP contribution in [0.4, 0.5) is 10.1 Å². The molecule has 0 aliphatic carbocycles. The van der Waals surface area contributed by atoms with Gasteiger partial charge in [0.2, 0.25) is 0 Å². The summed E-state index contributed by atoms with van der Waals surface area (Å²) in [6.07, 6.45) is 3.74. The van der Waals surface area contributed by atoms with Gasteiger partial charge in [0, 0.05) is 41.3 Å². The molecule has 0 N–H and O–H groups in total. The Morgan fingerprint density at radius 1 is 1.07 bits per heavy atom. The third-order valence-corrected chi connectivity index (χ3v) is 4.90. The minimum atomic E-state index is -0.420. The number of rotatable bonds is 5. The van der Waals surface area contributed by atoms with Crippen molar-refractivity contribution in [2.24, 2.45) is 0 Å². The maximum atomic E-state index is 13.2. The van der Waals surface area contributed by atoms with Crippen LogP contribution in [0.2, 0.25) is 0 Å². The molecule has 0 spiro atoms. The third kappa shape index (κ3) is 3.82. The first-order valence-corrected chi connectivity index (χ1v) is 9.24. The van der Waals surface area contributed by atoms with Gasteiger partial charge in [-0.3, -0.25) is 10.1 Å². The summed E-state index contributed by atoms with van der Waals surface area (Å²) >= 11 is 0. The highest BCUT2D eigenvalue weighted by Crippen LogP contribution is 2.27. The number of fused-ring (bicyclic) bond motifs is 1. The lowest BCUT2D eigenvalue weighted by atomic mass is 10.0. The van der Waals surface area contributed by atoms with Crippen molar-refractivity contribution in [3.05, 3.63) is 112 Å². The lowest BCUT2D eigenvalue weighted by Crippen LogP contribution is -1.98. The molecule has 0 saturated heterocycles. The molecule has 0 aliphatic heterocycles. The molecule has 1 aromatic heterocycles. The Balaban J connectivity index is 1.74. The molecule has 0 fully saturated rings. The van der Waals surface area contributed by atoms with Crippen LogP contribution in [0.15, 0.2) is 79.0 Å². The molecule has 146 valence electrons. The second-order valence-corrected chi connectivity index (χ2v) is 6.83. The van der Waals surface area contributed by atoms with Crippen molar-refractivity contribution in [3.8, 4) is 6.07 Å². The van der Waals surface area contributed by atoms with Crippen LogP contribution < -0.4 is 0 Å². The minimum absolute atomic E-state index is 0.0534. The van der Waals surface area contributed by atoms with E-state index in [1.165, 1.54) is 24.3 Å². The van der Waals surface area contributed by atoms with Gasteiger partial charge in [0.1, 0.15) is 5.82 Å². The number of hydrogen-bond donors (Lipinski definition) is 0. The number of nitrogens with zero attached hydrogens (tertiary/aromatic N) is 3. The number of nitro benzene ring substituents is 1. The standard InChI is InChI=1S/C24H16FN3O2/c25-21-9-7-18(8-10-21)19(14-26)13-20-16-27(24-4-2-1-3-23(20)24)15-17-5-11-22(12-6-17)28(29)30/h1-13,16H,15H2/b19-13-. The molecule has 0 atom stereocenters. The summed E-state index contributed by atoms with van der Waals surface area (Å²) in [6, 6.07) is 22.3. The highest BCUT2D eigenvalue weighted by Gasteiger charge is 2.10. The maximum Gasteiger partial charge on any atom is 0.269 e. The molecule has 0 unspecified atom stereocenters. The Bertz CT molecular complexity index is 1300. The highest BCUT2D eigenvalue weighted by atomic mass is 19.1. The van der Waals surface area contributed by atoms with Gasteiger partial charge in [-0.25, -0.2) is 4.39 Å². The Morgan fingerprint density at radius 3 is 2.43 bits per heavy atom. The van der Waals surface area contributed by atoms with Crippen LogP contribution in [-0.4, -0.2) is 9.49 Å². The number of benzene rings is 3. The van der Waals surface area contributed by atoms with E-state index in [1.807, 2.05) is 35.0 Å². The average molecular weight is 397 g/mol. The van der Waals surface area contributed by atoms with Crippen molar-refractivity contribution >= 4 is 28.2 Å². The Kier molecular flexibility index (Phi) is 5.10. The summed E-state index contributed by atoms with van der Waals surface area (Å²) in [7, 11) is 0. The second-order valence-electron chi connectivity index (χ2n) is 6.83. The average Bonchev–Trinajstić information content (AvgIpc) is 3.10. The molecule has 30 heavy (non-hydrogen) atoms. The highest BCUT2D eigenvalue weighted by molar-refractivity contribution is 5.98. The zero-order valence-electron chi connectivity index (χ0n) is 15.8. The van der Waals surface area contributed by atoms with Crippen molar-refractivity contribution in [3.63, 3.8) is 0 Å². The zero-order chi connectivity index (χ0) is 21.1. The first kappa shape index (κ1) is 19.1. The molecule has 0 aliphatic rings. The fourth-order valence-corrected chi connectivity index (χ4v) is 3.41. The van der Waals surface area contributed by atoms with Crippen LogP contribution >= 0.6 is 0 Å². The van der Waals surface area contributed by atoms with Crippen molar-refractivity contribution < 1.29 is 9.31 Å². The van der Waals surface area contributed by atoms with Gasteiger partial charge in [0.05, 0.1) is 16.6 Å². The molecular formula is C24H16FN3O2. The monoisotopic (exact) mass is 397 g/mol. The molecule has 0 radical (unpaired) electrons. The normalized spacial score (nSPS) is 11.4. The number of nitriles is 1. The van der Waals surface area contributed by atoms with Gasteiger partial charge in [-0.1, -0.05) is 42.5 Å². The number of nitro groups is 1. The van der Waals surface area contributed by atoms with E-state index in [1.54, 1.807) is 30.3 Å². The molecule has 5 nitrogen and oxygen atoms in total. The quantitative estimate of drug-likeness (QED) is 0.243. The van der Waals surface area contributed by atoms with Crippen molar-refractivity contribution in [1.82, 2.24) is 4.57 Å². The molecule has 0 amide bonds. The van der Waals surface area contributed by atoms with Gasteiger partial charge in [0.25, 0.3) is 5.69 Å². The van der Waals surface area contributed by atoms with Crippen LogP contribution in [0.1, 0.15) is 16.7 Å². The summed E-state index contributed by atoms with van der Waals surface area (Å²) in [5.74, 6) is -0.351. The van der Waals surface area contributed by atoms with Crippen molar-refractivity contribution in [2.75, 3.05) is 0 Å². The fraction of sp³-hybridized carbons (Fsp3) is 0.0417. The topological polar surface area (TPSA) is 71.9 Å². The number of non-ortho nitro benzene ring substituents is 1. The van der Waals surface area contributed by atoms with Gasteiger partial charge in [0.15, 0.2) is 0 Å². The van der Waals surface area contributed by atoms with E-state index >= 15 is 0 Å². The van der Waals surface area contributed by atoms with Crippen molar-refractivity contribution in [1.29, 1.82) is 5.26 Å². The molecular weight excluding hydrogens is 381 g/mol. The number of aromatic nitrogens is 1. The number of para-hydroxylation sites is 1. The first-order valence-electron chi connectivity index (χ1n) is 9.24. The van der Waals surface area contributed by atoms with Gasteiger partial charge < -0.3 is 4.57 Å². The van der Waals surface area contributed by atoms with Gasteiger partial charge >= 0.3 is 0 Å². The Morgan fingerprint density at radius 2 is 1.77 bits per heavy atom. The number of halogens is 1. The van der Waals surface area contributed by atoms with E-state index in [9.17, 15) is 19.8 Å². The van der Waals surface area contributed by atoms with E-state index in [2.05, 4.69) is 6.07 Å². The van der Waals surface area contributed by atoms with Gasteiger partial charge in [-0.05, 0) is 35.4 Å². The largest absolute Gasteiger partial charge is 0.342 e. The molecule has 6 heteroatoms. The van der Waals surface area contributed by atoms with E-state index in [0.29, 0.717) is 17.7 Å². The van der Waals surface area contributed by atoms with Crippen LogP contribution in [0.3, 0.4) is 0 Å². The number of allylic oxidation sites excluding steroid dienone is 1. The molecule has 0 bridgehead atoms. The van der Waals surface area contributed by atoms with E-state index in [4.69, 9.17) is 0 Å². The lowest BCUT2D eigenvalue weighted by molar-refractivity contribution is -0.384.